The normalized spacial score (nSPS) is 23.1. The van der Waals surface area contributed by atoms with Crippen LogP contribution in [0, 0.1) is 11.3 Å². The van der Waals surface area contributed by atoms with Crippen LogP contribution in [0.5, 0.6) is 0 Å². The summed E-state index contributed by atoms with van der Waals surface area (Å²) in [5.41, 5.74) is 0.987. The zero-order chi connectivity index (χ0) is 15.5. The lowest BCUT2D eigenvalue weighted by Gasteiger charge is -2.40. The van der Waals surface area contributed by atoms with Gasteiger partial charge in [0.2, 0.25) is 5.91 Å². The average molecular weight is 308 g/mol. The molecular formula is C17H28N2OS. The Balaban J connectivity index is 2.04. The van der Waals surface area contributed by atoms with Gasteiger partial charge in [0.1, 0.15) is 0 Å². The number of nitrogens with one attached hydrogen (secondary N) is 1. The minimum absolute atomic E-state index is 0.162. The van der Waals surface area contributed by atoms with Crippen molar-refractivity contribution in [3.05, 3.63) is 16.8 Å². The molecule has 1 aromatic heterocycles. The number of anilines is 1. The molecule has 1 aliphatic heterocycles. The average Bonchev–Trinajstić information content (AvgIpc) is 2.91. The van der Waals surface area contributed by atoms with E-state index >= 15 is 0 Å². The molecule has 0 bridgehead atoms. The highest BCUT2D eigenvalue weighted by Gasteiger charge is 2.30. The Morgan fingerprint density at radius 2 is 2.19 bits per heavy atom. The maximum atomic E-state index is 12.3. The van der Waals surface area contributed by atoms with Crippen LogP contribution in [0.4, 0.5) is 5.69 Å². The van der Waals surface area contributed by atoms with Gasteiger partial charge < -0.3 is 10.2 Å². The Morgan fingerprint density at radius 1 is 1.43 bits per heavy atom. The minimum atomic E-state index is -0.315. The molecule has 1 aromatic rings. The standard InChI is InChI=1S/C17H28N2OS/c1-5-6-13-9-14(18-16(20)17(2,3)4)11-19(10-13)15-7-8-21-12-15/h7-8,12-14H,5-6,9-11H2,1-4H3,(H,18,20). The van der Waals surface area contributed by atoms with E-state index in [-0.39, 0.29) is 17.4 Å². The third-order valence-electron chi connectivity index (χ3n) is 4.12. The van der Waals surface area contributed by atoms with Crippen LogP contribution in [-0.2, 0) is 4.79 Å². The van der Waals surface area contributed by atoms with Crippen molar-refractivity contribution in [2.45, 2.75) is 53.0 Å². The fraction of sp³-hybridized carbons (Fsp3) is 0.706. The zero-order valence-electron chi connectivity index (χ0n) is 13.7. The molecule has 0 aliphatic carbocycles. The molecule has 1 fully saturated rings. The number of amides is 1. The van der Waals surface area contributed by atoms with E-state index in [9.17, 15) is 4.79 Å². The molecule has 2 atom stereocenters. The molecule has 2 unspecified atom stereocenters. The highest BCUT2D eigenvalue weighted by atomic mass is 32.1. The number of carbonyl (C=O) groups is 1. The number of thiophene rings is 1. The number of nitrogens with zero attached hydrogens (tertiary/aromatic N) is 1. The summed E-state index contributed by atoms with van der Waals surface area (Å²) in [6.45, 7) is 10.2. The van der Waals surface area contributed by atoms with E-state index in [0.29, 0.717) is 5.92 Å². The lowest BCUT2D eigenvalue weighted by molar-refractivity contribution is -0.129. The van der Waals surface area contributed by atoms with Gasteiger partial charge in [-0.25, -0.2) is 0 Å². The summed E-state index contributed by atoms with van der Waals surface area (Å²) in [6, 6.07) is 2.45. The van der Waals surface area contributed by atoms with Crippen LogP contribution in [0.3, 0.4) is 0 Å². The molecule has 0 aromatic carbocycles. The van der Waals surface area contributed by atoms with Gasteiger partial charge in [-0.15, -0.1) is 0 Å². The number of hydrogen-bond acceptors (Lipinski definition) is 3. The molecule has 21 heavy (non-hydrogen) atoms. The number of hydrogen-bond donors (Lipinski definition) is 1. The van der Waals surface area contributed by atoms with Crippen molar-refractivity contribution < 1.29 is 4.79 Å². The molecule has 2 rings (SSSR count). The second-order valence-corrected chi connectivity index (χ2v) is 7.98. The van der Waals surface area contributed by atoms with Gasteiger partial charge in [0.05, 0.1) is 0 Å². The fourth-order valence-corrected chi connectivity index (χ4v) is 3.64. The Bertz CT molecular complexity index is 450. The summed E-state index contributed by atoms with van der Waals surface area (Å²) < 4.78 is 0. The number of piperidine rings is 1. The molecule has 2 heterocycles. The first-order valence-electron chi connectivity index (χ1n) is 7.98. The SMILES string of the molecule is CCCC1CC(NC(=O)C(C)(C)C)CN(c2ccsc2)C1. The van der Waals surface area contributed by atoms with E-state index in [2.05, 4.69) is 34.0 Å². The van der Waals surface area contributed by atoms with Gasteiger partial charge in [0.15, 0.2) is 0 Å². The number of carbonyl (C=O) groups excluding carboxylic acids is 1. The summed E-state index contributed by atoms with van der Waals surface area (Å²) in [5.74, 6) is 0.837. The molecule has 1 aliphatic rings. The molecule has 0 saturated carbocycles. The minimum Gasteiger partial charge on any atom is -0.369 e. The maximum Gasteiger partial charge on any atom is 0.225 e. The van der Waals surface area contributed by atoms with Crippen LogP contribution in [0.15, 0.2) is 16.8 Å². The lowest BCUT2D eigenvalue weighted by atomic mass is 9.89. The summed E-state index contributed by atoms with van der Waals surface area (Å²) in [5, 5.41) is 7.59. The largest absolute Gasteiger partial charge is 0.369 e. The Hall–Kier alpha value is -1.03. The topological polar surface area (TPSA) is 32.3 Å². The molecule has 1 saturated heterocycles. The fourth-order valence-electron chi connectivity index (χ4n) is 2.98. The first kappa shape index (κ1) is 16.3. The third-order valence-corrected chi connectivity index (χ3v) is 4.79. The van der Waals surface area contributed by atoms with Crippen molar-refractivity contribution in [1.29, 1.82) is 0 Å². The highest BCUT2D eigenvalue weighted by Crippen LogP contribution is 2.28. The maximum absolute atomic E-state index is 12.3. The van der Waals surface area contributed by atoms with Crippen molar-refractivity contribution in [1.82, 2.24) is 5.32 Å². The summed E-state index contributed by atoms with van der Waals surface area (Å²) in [7, 11) is 0. The van der Waals surface area contributed by atoms with E-state index in [1.807, 2.05) is 20.8 Å². The van der Waals surface area contributed by atoms with Crippen LogP contribution < -0.4 is 10.2 Å². The predicted molar refractivity (Wildman–Crippen MR) is 90.9 cm³/mol. The molecule has 0 radical (unpaired) electrons. The lowest BCUT2D eigenvalue weighted by Crippen LogP contribution is -2.53. The second kappa shape index (κ2) is 6.82. The van der Waals surface area contributed by atoms with E-state index < -0.39 is 0 Å². The first-order chi connectivity index (χ1) is 9.90. The molecule has 1 N–H and O–H groups in total. The van der Waals surface area contributed by atoms with Crippen LogP contribution >= 0.6 is 11.3 Å². The van der Waals surface area contributed by atoms with Crippen molar-refractivity contribution in [3.8, 4) is 0 Å². The van der Waals surface area contributed by atoms with E-state index in [4.69, 9.17) is 0 Å². The molecule has 4 heteroatoms. The zero-order valence-corrected chi connectivity index (χ0v) is 14.5. The van der Waals surface area contributed by atoms with Crippen molar-refractivity contribution >= 4 is 22.9 Å². The molecular weight excluding hydrogens is 280 g/mol. The smallest absolute Gasteiger partial charge is 0.225 e. The third kappa shape index (κ3) is 4.47. The predicted octanol–water partition coefficient (Wildman–Crippen LogP) is 3.91. The van der Waals surface area contributed by atoms with Crippen molar-refractivity contribution in [2.24, 2.45) is 11.3 Å². The Labute approximate surface area is 132 Å². The van der Waals surface area contributed by atoms with Crippen molar-refractivity contribution in [3.63, 3.8) is 0 Å². The van der Waals surface area contributed by atoms with Gasteiger partial charge in [-0.05, 0) is 30.2 Å². The summed E-state index contributed by atoms with van der Waals surface area (Å²) in [6.07, 6.45) is 3.56. The summed E-state index contributed by atoms with van der Waals surface area (Å²) >= 11 is 1.74. The van der Waals surface area contributed by atoms with Gasteiger partial charge >= 0.3 is 0 Å². The van der Waals surface area contributed by atoms with Gasteiger partial charge in [0.25, 0.3) is 0 Å². The second-order valence-electron chi connectivity index (χ2n) is 7.20. The number of rotatable bonds is 4. The molecule has 3 nitrogen and oxygen atoms in total. The quantitative estimate of drug-likeness (QED) is 0.915. The van der Waals surface area contributed by atoms with E-state index in [0.717, 1.165) is 19.5 Å². The van der Waals surface area contributed by atoms with Crippen LogP contribution in [0.1, 0.15) is 47.0 Å². The molecule has 118 valence electrons. The van der Waals surface area contributed by atoms with Crippen LogP contribution in [0.25, 0.3) is 0 Å². The highest BCUT2D eigenvalue weighted by molar-refractivity contribution is 7.08. The van der Waals surface area contributed by atoms with Crippen LogP contribution in [0.2, 0.25) is 0 Å². The Kier molecular flexibility index (Phi) is 5.31. The molecule has 1 amide bonds. The van der Waals surface area contributed by atoms with Crippen molar-refractivity contribution in [2.75, 3.05) is 18.0 Å². The van der Waals surface area contributed by atoms with Gasteiger partial charge in [-0.2, -0.15) is 11.3 Å². The van der Waals surface area contributed by atoms with Crippen LogP contribution in [-0.4, -0.2) is 25.0 Å². The Morgan fingerprint density at radius 3 is 2.76 bits per heavy atom. The summed E-state index contributed by atoms with van der Waals surface area (Å²) in [4.78, 5) is 14.7. The van der Waals surface area contributed by atoms with Gasteiger partial charge in [-0.1, -0.05) is 34.1 Å². The molecule has 0 spiro atoms. The van der Waals surface area contributed by atoms with Gasteiger partial charge in [0, 0.05) is 35.6 Å². The first-order valence-corrected chi connectivity index (χ1v) is 8.92. The van der Waals surface area contributed by atoms with E-state index in [1.165, 1.54) is 18.5 Å². The van der Waals surface area contributed by atoms with Gasteiger partial charge in [-0.3, -0.25) is 4.79 Å². The van der Waals surface area contributed by atoms with E-state index in [1.54, 1.807) is 11.3 Å². The monoisotopic (exact) mass is 308 g/mol.